The van der Waals surface area contributed by atoms with Gasteiger partial charge in [-0.3, -0.25) is 4.79 Å². The minimum Gasteiger partial charge on any atom is -0.353 e. The molecule has 13 heteroatoms. The number of halogens is 3. The smallest absolute Gasteiger partial charge is 0.353 e. The van der Waals surface area contributed by atoms with Crippen molar-refractivity contribution in [3.63, 3.8) is 0 Å². The van der Waals surface area contributed by atoms with Gasteiger partial charge in [-0.15, -0.1) is 0 Å². The summed E-state index contributed by atoms with van der Waals surface area (Å²) in [6.45, 7) is 2.61. The van der Waals surface area contributed by atoms with Gasteiger partial charge in [0.2, 0.25) is 5.91 Å². The van der Waals surface area contributed by atoms with Crippen molar-refractivity contribution in [1.82, 2.24) is 19.7 Å². The van der Waals surface area contributed by atoms with Gasteiger partial charge in [0.1, 0.15) is 11.6 Å². The van der Waals surface area contributed by atoms with Crippen LogP contribution in [0.2, 0.25) is 0 Å². The summed E-state index contributed by atoms with van der Waals surface area (Å²) >= 11 is 0. The lowest BCUT2D eigenvalue weighted by atomic mass is 10.2. The third-order valence-electron chi connectivity index (χ3n) is 4.85. The van der Waals surface area contributed by atoms with E-state index in [2.05, 4.69) is 10.1 Å². The van der Waals surface area contributed by atoms with Crippen LogP contribution in [0.25, 0.3) is 5.82 Å². The predicted octanol–water partition coefficient (Wildman–Crippen LogP) is 1.62. The summed E-state index contributed by atoms with van der Waals surface area (Å²) in [7, 11) is -3.55. The Hall–Kier alpha value is -3.14. The van der Waals surface area contributed by atoms with Gasteiger partial charge in [0, 0.05) is 45.6 Å². The summed E-state index contributed by atoms with van der Waals surface area (Å²) < 4.78 is 65.0. The molecule has 1 fully saturated rings. The third kappa shape index (κ3) is 4.63. The van der Waals surface area contributed by atoms with Crippen LogP contribution in [0.3, 0.4) is 0 Å². The van der Waals surface area contributed by atoms with Gasteiger partial charge in [-0.05, 0) is 18.6 Å². The number of amides is 1. The molecule has 0 atom stereocenters. The largest absolute Gasteiger partial charge is 0.436 e. The Morgan fingerprint density at radius 2 is 1.90 bits per heavy atom. The molecule has 0 aliphatic carbocycles. The average molecular weight is 456 g/mol. The number of nitriles is 1. The van der Waals surface area contributed by atoms with Gasteiger partial charge in [-0.25, -0.2) is 13.4 Å². The van der Waals surface area contributed by atoms with Crippen molar-refractivity contribution in [2.24, 2.45) is 0 Å². The van der Waals surface area contributed by atoms with Crippen LogP contribution in [0.15, 0.2) is 23.2 Å². The SMILES string of the molecule is CC(=O)N1CCCN(c2c(C#N)c(C(F)(F)F)nn2-c2ccc(S(C)(=O)=O)cn2)CC1. The van der Waals surface area contributed by atoms with Gasteiger partial charge < -0.3 is 9.80 Å². The number of pyridine rings is 1. The first-order valence-electron chi connectivity index (χ1n) is 9.20. The van der Waals surface area contributed by atoms with Crippen molar-refractivity contribution < 1.29 is 26.4 Å². The fourth-order valence-electron chi connectivity index (χ4n) is 3.32. The summed E-state index contributed by atoms with van der Waals surface area (Å²) in [6.07, 6.45) is -2.39. The van der Waals surface area contributed by atoms with Crippen molar-refractivity contribution in [2.45, 2.75) is 24.4 Å². The number of carbonyl (C=O) groups excluding carboxylic acids is 1. The van der Waals surface area contributed by atoms with E-state index in [1.807, 2.05) is 0 Å². The molecule has 1 aliphatic rings. The molecule has 2 aromatic heterocycles. The van der Waals surface area contributed by atoms with E-state index in [1.165, 1.54) is 19.1 Å². The van der Waals surface area contributed by atoms with Crippen LogP contribution in [-0.4, -0.2) is 66.4 Å². The highest BCUT2D eigenvalue weighted by atomic mass is 32.2. The van der Waals surface area contributed by atoms with Gasteiger partial charge in [0.25, 0.3) is 0 Å². The molecule has 2 aromatic rings. The molecule has 1 aliphatic heterocycles. The van der Waals surface area contributed by atoms with Crippen molar-refractivity contribution in [1.29, 1.82) is 5.26 Å². The van der Waals surface area contributed by atoms with Crippen molar-refractivity contribution >= 4 is 21.6 Å². The number of sulfone groups is 1. The highest BCUT2D eigenvalue weighted by molar-refractivity contribution is 7.90. The summed E-state index contributed by atoms with van der Waals surface area (Å²) in [5.41, 5.74) is -2.01. The highest BCUT2D eigenvalue weighted by Gasteiger charge is 2.41. The summed E-state index contributed by atoms with van der Waals surface area (Å²) in [5.74, 6) is -0.313. The number of anilines is 1. The van der Waals surface area contributed by atoms with Gasteiger partial charge in [0.05, 0.1) is 4.90 Å². The summed E-state index contributed by atoms with van der Waals surface area (Å²) in [4.78, 5) is 18.7. The fraction of sp³-hybridized carbons (Fsp3) is 0.444. The lowest BCUT2D eigenvalue weighted by Gasteiger charge is -2.24. The molecule has 0 bridgehead atoms. The zero-order valence-corrected chi connectivity index (χ0v) is 17.5. The third-order valence-corrected chi connectivity index (χ3v) is 5.95. The second-order valence-corrected chi connectivity index (χ2v) is 9.06. The molecule has 1 saturated heterocycles. The topological polar surface area (TPSA) is 112 Å². The molecule has 0 N–H and O–H groups in total. The maximum atomic E-state index is 13.6. The van der Waals surface area contributed by atoms with E-state index in [0.29, 0.717) is 19.5 Å². The fourth-order valence-corrected chi connectivity index (χ4v) is 3.88. The number of nitrogens with zero attached hydrogens (tertiary/aromatic N) is 6. The number of alkyl halides is 3. The number of hydrogen-bond donors (Lipinski definition) is 0. The van der Waals surface area contributed by atoms with Gasteiger partial charge >= 0.3 is 6.18 Å². The minimum absolute atomic E-state index is 0.0675. The molecule has 3 rings (SSSR count). The van der Waals surface area contributed by atoms with Gasteiger partial charge in [0.15, 0.2) is 27.2 Å². The number of carbonyl (C=O) groups is 1. The number of rotatable bonds is 3. The number of aromatic nitrogens is 3. The van der Waals surface area contributed by atoms with Crippen LogP contribution in [0.4, 0.5) is 19.0 Å². The second kappa shape index (κ2) is 8.18. The Kier molecular flexibility index (Phi) is 5.95. The summed E-state index contributed by atoms with van der Waals surface area (Å²) in [5, 5.41) is 13.1. The maximum absolute atomic E-state index is 13.6. The van der Waals surface area contributed by atoms with E-state index < -0.39 is 27.3 Å². The molecular weight excluding hydrogens is 437 g/mol. The first-order chi connectivity index (χ1) is 14.4. The molecule has 9 nitrogen and oxygen atoms in total. The highest BCUT2D eigenvalue weighted by Crippen LogP contribution is 2.37. The predicted molar refractivity (Wildman–Crippen MR) is 103 cm³/mol. The van der Waals surface area contributed by atoms with E-state index in [0.717, 1.165) is 17.1 Å². The Morgan fingerprint density at radius 3 is 2.42 bits per heavy atom. The molecule has 166 valence electrons. The van der Waals surface area contributed by atoms with E-state index in [1.54, 1.807) is 15.9 Å². The second-order valence-electron chi connectivity index (χ2n) is 7.04. The quantitative estimate of drug-likeness (QED) is 0.690. The van der Waals surface area contributed by atoms with Gasteiger partial charge in [-0.1, -0.05) is 0 Å². The summed E-state index contributed by atoms with van der Waals surface area (Å²) in [6, 6.07) is 4.04. The Bertz CT molecular complexity index is 1140. The average Bonchev–Trinajstić information content (AvgIpc) is 2.91. The van der Waals surface area contributed by atoms with E-state index in [9.17, 15) is 31.6 Å². The first-order valence-corrected chi connectivity index (χ1v) is 11.1. The van der Waals surface area contributed by atoms with Crippen LogP contribution in [-0.2, 0) is 20.8 Å². The van der Waals surface area contributed by atoms with E-state index in [4.69, 9.17) is 0 Å². The van der Waals surface area contributed by atoms with Crippen molar-refractivity contribution in [3.8, 4) is 11.9 Å². The molecule has 3 heterocycles. The van der Waals surface area contributed by atoms with Crippen LogP contribution in [0.1, 0.15) is 24.6 Å². The normalized spacial score (nSPS) is 15.5. The van der Waals surface area contributed by atoms with Crippen molar-refractivity contribution in [2.75, 3.05) is 37.3 Å². The van der Waals surface area contributed by atoms with Crippen LogP contribution in [0, 0.1) is 11.3 Å². The molecular formula is C18H19F3N6O3S. The molecule has 1 amide bonds. The maximum Gasteiger partial charge on any atom is 0.436 e. The standard InChI is InChI=1S/C18H19F3N6O3S/c1-12(28)25-6-3-7-26(9-8-25)17-14(10-22)16(18(19,20)21)24-27(17)15-5-4-13(11-23-15)31(2,29)30/h4-5,11H,3,6-9H2,1-2H3. The first kappa shape index (κ1) is 22.5. The molecule has 0 aromatic carbocycles. The molecule has 31 heavy (non-hydrogen) atoms. The Morgan fingerprint density at radius 1 is 1.19 bits per heavy atom. The Labute approximate surface area is 176 Å². The minimum atomic E-state index is -4.88. The lowest BCUT2D eigenvalue weighted by Crippen LogP contribution is -2.34. The van der Waals surface area contributed by atoms with Gasteiger partial charge in [-0.2, -0.15) is 28.2 Å². The number of hydrogen-bond acceptors (Lipinski definition) is 7. The lowest BCUT2D eigenvalue weighted by molar-refractivity contribution is -0.141. The monoisotopic (exact) mass is 456 g/mol. The van der Waals surface area contributed by atoms with E-state index >= 15 is 0 Å². The van der Waals surface area contributed by atoms with Crippen LogP contribution < -0.4 is 4.90 Å². The van der Waals surface area contributed by atoms with Crippen LogP contribution in [0.5, 0.6) is 0 Å². The zero-order chi connectivity index (χ0) is 23.0. The molecule has 0 spiro atoms. The molecule has 0 saturated carbocycles. The Balaban J connectivity index is 2.14. The van der Waals surface area contributed by atoms with Crippen LogP contribution >= 0.6 is 0 Å². The van der Waals surface area contributed by atoms with E-state index in [-0.39, 0.29) is 35.5 Å². The molecule has 0 radical (unpaired) electrons. The molecule has 0 unspecified atom stereocenters. The van der Waals surface area contributed by atoms with Crippen molar-refractivity contribution in [3.05, 3.63) is 29.6 Å². The zero-order valence-electron chi connectivity index (χ0n) is 16.7.